The Hall–Kier alpha value is -3.51. The van der Waals surface area contributed by atoms with Crippen LogP contribution in [0.3, 0.4) is 0 Å². The first-order valence-electron chi connectivity index (χ1n) is 9.91. The molecule has 0 bridgehead atoms. The van der Waals surface area contributed by atoms with Crippen LogP contribution in [0.25, 0.3) is 33.4 Å². The van der Waals surface area contributed by atoms with Crippen LogP contribution in [0.1, 0.15) is 13.3 Å². The Kier molecular flexibility index (Phi) is 5.59. The van der Waals surface area contributed by atoms with Gasteiger partial charge in [0.2, 0.25) is 0 Å². The fraction of sp³-hybridized carbons (Fsp3) is 0.167. The molecular formula is C24H23FN4O. The summed E-state index contributed by atoms with van der Waals surface area (Å²) in [7, 11) is 0. The Morgan fingerprint density at radius 1 is 1.00 bits per heavy atom. The van der Waals surface area contributed by atoms with Gasteiger partial charge < -0.3 is 16.2 Å². The van der Waals surface area contributed by atoms with E-state index in [-0.39, 0.29) is 17.6 Å². The number of nitrogens with two attached hydrogens (primary N) is 1. The zero-order chi connectivity index (χ0) is 21.1. The second-order valence-corrected chi connectivity index (χ2v) is 7.17. The average Bonchev–Trinajstić information content (AvgIpc) is 2.78. The first-order chi connectivity index (χ1) is 14.6. The Morgan fingerprint density at radius 3 is 2.57 bits per heavy atom. The zero-order valence-electron chi connectivity index (χ0n) is 16.6. The Morgan fingerprint density at radius 2 is 1.77 bits per heavy atom. The molecule has 1 aromatic heterocycles. The van der Waals surface area contributed by atoms with E-state index in [0.29, 0.717) is 34.9 Å². The molecule has 0 aliphatic rings. The van der Waals surface area contributed by atoms with E-state index in [1.165, 1.54) is 12.1 Å². The van der Waals surface area contributed by atoms with Gasteiger partial charge in [0.25, 0.3) is 0 Å². The van der Waals surface area contributed by atoms with Crippen molar-refractivity contribution in [2.45, 2.75) is 19.4 Å². The minimum Gasteiger partial charge on any atom is -0.507 e. The zero-order valence-corrected chi connectivity index (χ0v) is 16.6. The third-order valence-electron chi connectivity index (χ3n) is 5.08. The summed E-state index contributed by atoms with van der Waals surface area (Å²) in [5, 5.41) is 14.7. The molecular weight excluding hydrogens is 379 g/mol. The molecule has 152 valence electrons. The molecule has 1 atom stereocenters. The number of hydrogen-bond acceptors (Lipinski definition) is 5. The maximum atomic E-state index is 14.3. The molecule has 30 heavy (non-hydrogen) atoms. The van der Waals surface area contributed by atoms with Gasteiger partial charge in [-0.15, -0.1) is 0 Å². The molecule has 0 amide bonds. The van der Waals surface area contributed by atoms with Crippen molar-refractivity contribution < 1.29 is 9.50 Å². The molecule has 1 heterocycles. The van der Waals surface area contributed by atoms with Gasteiger partial charge in [-0.25, -0.2) is 14.4 Å². The van der Waals surface area contributed by atoms with Crippen molar-refractivity contribution in [3.63, 3.8) is 0 Å². The van der Waals surface area contributed by atoms with E-state index in [4.69, 9.17) is 5.73 Å². The normalized spacial score (nSPS) is 12.1. The van der Waals surface area contributed by atoms with Gasteiger partial charge in [-0.05, 0) is 42.3 Å². The summed E-state index contributed by atoms with van der Waals surface area (Å²) in [4.78, 5) is 9.30. The lowest BCUT2D eigenvalue weighted by molar-refractivity contribution is 0.477. The molecule has 4 N–H and O–H groups in total. The number of anilines is 1. The average molecular weight is 402 g/mol. The highest BCUT2D eigenvalue weighted by atomic mass is 19.1. The highest BCUT2D eigenvalue weighted by Crippen LogP contribution is 2.34. The molecule has 5 nitrogen and oxygen atoms in total. The number of halogens is 1. The first kappa shape index (κ1) is 19.8. The van der Waals surface area contributed by atoms with Crippen molar-refractivity contribution in [1.29, 1.82) is 0 Å². The SMILES string of the molecule is CCC(N)CNc1nc(-c2cc(-c3ccccc3F)ccc2O)nc2ccccc12. The number of nitrogens with one attached hydrogen (secondary N) is 1. The maximum Gasteiger partial charge on any atom is 0.165 e. The van der Waals surface area contributed by atoms with E-state index in [9.17, 15) is 9.50 Å². The van der Waals surface area contributed by atoms with Gasteiger partial charge in [0.1, 0.15) is 17.4 Å². The third kappa shape index (κ3) is 3.95. The second kappa shape index (κ2) is 8.47. The molecule has 0 saturated heterocycles. The monoisotopic (exact) mass is 402 g/mol. The van der Waals surface area contributed by atoms with Gasteiger partial charge in [0.05, 0.1) is 11.1 Å². The van der Waals surface area contributed by atoms with Crippen molar-refractivity contribution in [3.8, 4) is 28.3 Å². The standard InChI is InChI=1S/C24H23FN4O/c1-2-16(26)14-27-23-18-8-4-6-10-21(18)28-24(29-23)19-13-15(11-12-22(19)30)17-7-3-5-9-20(17)25/h3-13,16,30H,2,14,26H2,1H3,(H,27,28,29). The molecule has 4 aromatic rings. The highest BCUT2D eigenvalue weighted by molar-refractivity contribution is 5.91. The Labute approximate surface area is 174 Å². The van der Waals surface area contributed by atoms with Crippen molar-refractivity contribution in [2.24, 2.45) is 5.73 Å². The molecule has 0 aliphatic heterocycles. The molecule has 1 unspecified atom stereocenters. The fourth-order valence-electron chi connectivity index (χ4n) is 3.28. The van der Waals surface area contributed by atoms with Gasteiger partial charge in [0.15, 0.2) is 5.82 Å². The summed E-state index contributed by atoms with van der Waals surface area (Å²) in [6.07, 6.45) is 0.842. The van der Waals surface area contributed by atoms with E-state index < -0.39 is 0 Å². The van der Waals surface area contributed by atoms with E-state index in [1.807, 2.05) is 31.2 Å². The lowest BCUT2D eigenvalue weighted by Crippen LogP contribution is -2.28. The summed E-state index contributed by atoms with van der Waals surface area (Å²) in [6, 6.07) is 19.1. The largest absolute Gasteiger partial charge is 0.507 e. The number of aromatic hydroxyl groups is 1. The molecule has 0 spiro atoms. The maximum absolute atomic E-state index is 14.3. The van der Waals surface area contributed by atoms with E-state index in [1.54, 1.807) is 30.3 Å². The lowest BCUT2D eigenvalue weighted by Gasteiger charge is -2.15. The summed E-state index contributed by atoms with van der Waals surface area (Å²) in [5.74, 6) is 0.707. The second-order valence-electron chi connectivity index (χ2n) is 7.17. The number of rotatable bonds is 6. The highest BCUT2D eigenvalue weighted by Gasteiger charge is 2.15. The van der Waals surface area contributed by atoms with Crippen LogP contribution in [0.5, 0.6) is 5.75 Å². The fourth-order valence-corrected chi connectivity index (χ4v) is 3.28. The number of phenols is 1. The van der Waals surface area contributed by atoms with E-state index in [2.05, 4.69) is 15.3 Å². The number of phenolic OH excluding ortho intramolecular Hbond substituents is 1. The van der Waals surface area contributed by atoms with Crippen LogP contribution in [0.4, 0.5) is 10.2 Å². The summed E-state index contributed by atoms with van der Waals surface area (Å²) >= 11 is 0. The van der Waals surface area contributed by atoms with Gasteiger partial charge in [-0.1, -0.05) is 43.3 Å². The molecule has 0 aliphatic carbocycles. The number of hydrogen-bond donors (Lipinski definition) is 3. The number of para-hydroxylation sites is 1. The summed E-state index contributed by atoms with van der Waals surface area (Å²) in [5.41, 5.74) is 8.32. The first-order valence-corrected chi connectivity index (χ1v) is 9.91. The molecule has 3 aromatic carbocycles. The van der Waals surface area contributed by atoms with Crippen LogP contribution in [0.2, 0.25) is 0 Å². The number of nitrogens with zero attached hydrogens (tertiary/aromatic N) is 2. The lowest BCUT2D eigenvalue weighted by atomic mass is 10.0. The molecule has 0 fully saturated rings. The Balaban J connectivity index is 1.83. The van der Waals surface area contributed by atoms with Gasteiger partial charge in [-0.2, -0.15) is 0 Å². The third-order valence-corrected chi connectivity index (χ3v) is 5.08. The van der Waals surface area contributed by atoms with Crippen LogP contribution >= 0.6 is 0 Å². The minimum atomic E-state index is -0.329. The summed E-state index contributed by atoms with van der Waals surface area (Å²) < 4.78 is 14.3. The number of benzene rings is 3. The predicted molar refractivity (Wildman–Crippen MR) is 119 cm³/mol. The van der Waals surface area contributed by atoms with Crippen LogP contribution in [0, 0.1) is 5.82 Å². The van der Waals surface area contributed by atoms with Gasteiger partial charge in [-0.3, -0.25) is 0 Å². The van der Waals surface area contributed by atoms with Crippen molar-refractivity contribution in [3.05, 3.63) is 72.5 Å². The van der Waals surface area contributed by atoms with E-state index in [0.717, 1.165) is 17.3 Å². The predicted octanol–water partition coefficient (Wildman–Crippen LogP) is 4.96. The van der Waals surface area contributed by atoms with Gasteiger partial charge >= 0.3 is 0 Å². The smallest absolute Gasteiger partial charge is 0.165 e. The van der Waals surface area contributed by atoms with Crippen LogP contribution < -0.4 is 11.1 Å². The molecule has 4 rings (SSSR count). The quantitative estimate of drug-likeness (QED) is 0.425. The number of aromatic nitrogens is 2. The van der Waals surface area contributed by atoms with Crippen molar-refractivity contribution in [1.82, 2.24) is 9.97 Å². The minimum absolute atomic E-state index is 0.0000333. The van der Waals surface area contributed by atoms with Crippen LogP contribution in [-0.4, -0.2) is 27.7 Å². The summed E-state index contributed by atoms with van der Waals surface area (Å²) in [6.45, 7) is 2.60. The van der Waals surface area contributed by atoms with Crippen LogP contribution in [-0.2, 0) is 0 Å². The molecule has 0 radical (unpaired) electrons. The topological polar surface area (TPSA) is 84.1 Å². The molecule has 0 saturated carbocycles. The number of fused-ring (bicyclic) bond motifs is 1. The molecule has 6 heteroatoms. The van der Waals surface area contributed by atoms with E-state index >= 15 is 0 Å². The Bertz CT molecular complexity index is 1190. The van der Waals surface area contributed by atoms with Crippen molar-refractivity contribution in [2.75, 3.05) is 11.9 Å². The van der Waals surface area contributed by atoms with Crippen LogP contribution in [0.15, 0.2) is 66.7 Å². The van der Waals surface area contributed by atoms with Gasteiger partial charge in [0, 0.05) is 23.5 Å². The van der Waals surface area contributed by atoms with Crippen molar-refractivity contribution >= 4 is 16.7 Å².